The van der Waals surface area contributed by atoms with E-state index in [1.54, 1.807) is 24.3 Å². The molecule has 0 bridgehead atoms. The Balaban J connectivity index is 1.51. The molecule has 0 saturated carbocycles. The molecule has 1 aliphatic heterocycles. The highest BCUT2D eigenvalue weighted by Gasteiger charge is 2.22. The van der Waals surface area contributed by atoms with Crippen molar-refractivity contribution in [3.8, 4) is 0 Å². The third-order valence-corrected chi connectivity index (χ3v) is 6.15. The number of halogens is 1. The SMILES string of the molecule is COC(=O)c1ccc(NC(=S)/N=C(/Nc2nc(C)cc(C)n2)N2CCN(c3cccc(Cl)c3)CC2)cc1. The number of carbonyl (C=O) groups excluding carboxylic acids is 1. The van der Waals surface area contributed by atoms with Gasteiger partial charge in [0.15, 0.2) is 0 Å². The fraction of sp³-hybridized carbons (Fsp3) is 0.269. The molecule has 37 heavy (non-hydrogen) atoms. The quantitative estimate of drug-likeness (QED) is 0.215. The van der Waals surface area contributed by atoms with Crippen LogP contribution in [0.5, 0.6) is 0 Å². The Kier molecular flexibility index (Phi) is 8.52. The van der Waals surface area contributed by atoms with Gasteiger partial charge in [0.25, 0.3) is 0 Å². The van der Waals surface area contributed by atoms with E-state index in [9.17, 15) is 4.79 Å². The third-order valence-electron chi connectivity index (χ3n) is 5.72. The van der Waals surface area contributed by atoms with E-state index in [1.807, 2.05) is 38.1 Å². The Morgan fingerprint density at radius 3 is 2.30 bits per heavy atom. The molecule has 2 heterocycles. The van der Waals surface area contributed by atoms with E-state index < -0.39 is 5.97 Å². The van der Waals surface area contributed by atoms with E-state index in [-0.39, 0.29) is 5.11 Å². The summed E-state index contributed by atoms with van der Waals surface area (Å²) in [6, 6.07) is 16.6. The zero-order chi connectivity index (χ0) is 26.4. The molecule has 2 N–H and O–H groups in total. The molecule has 2 aromatic carbocycles. The number of aromatic nitrogens is 2. The smallest absolute Gasteiger partial charge is 0.337 e. The minimum absolute atomic E-state index is 0.259. The van der Waals surface area contributed by atoms with E-state index in [4.69, 9.17) is 28.6 Å². The number of benzene rings is 2. The third kappa shape index (κ3) is 7.14. The van der Waals surface area contributed by atoms with Crippen molar-refractivity contribution < 1.29 is 9.53 Å². The van der Waals surface area contributed by atoms with Gasteiger partial charge in [-0.1, -0.05) is 17.7 Å². The first-order valence-electron chi connectivity index (χ1n) is 11.7. The molecule has 4 rings (SSSR count). The second kappa shape index (κ2) is 12.0. The number of methoxy groups -OCH3 is 1. The molecular weight excluding hydrogens is 510 g/mol. The maximum absolute atomic E-state index is 11.7. The largest absolute Gasteiger partial charge is 0.465 e. The molecule has 0 aliphatic carbocycles. The number of anilines is 3. The Morgan fingerprint density at radius 2 is 1.68 bits per heavy atom. The summed E-state index contributed by atoms with van der Waals surface area (Å²) in [6.07, 6.45) is 0. The Hall–Kier alpha value is -3.76. The summed E-state index contributed by atoms with van der Waals surface area (Å²) in [5.74, 6) is 0.613. The van der Waals surface area contributed by atoms with Gasteiger partial charge in [0.1, 0.15) is 0 Å². The van der Waals surface area contributed by atoms with Crippen LogP contribution in [0, 0.1) is 13.8 Å². The summed E-state index contributed by atoms with van der Waals surface area (Å²) in [6.45, 7) is 6.82. The number of carbonyl (C=O) groups is 1. The Labute approximate surface area is 226 Å². The lowest BCUT2D eigenvalue weighted by Gasteiger charge is -2.37. The zero-order valence-corrected chi connectivity index (χ0v) is 22.4. The van der Waals surface area contributed by atoms with Crippen LogP contribution in [0.25, 0.3) is 0 Å². The lowest BCUT2D eigenvalue weighted by Crippen LogP contribution is -2.51. The molecule has 9 nitrogen and oxygen atoms in total. The monoisotopic (exact) mass is 537 g/mol. The van der Waals surface area contributed by atoms with E-state index >= 15 is 0 Å². The number of guanidine groups is 1. The van der Waals surface area contributed by atoms with Crippen LogP contribution < -0.4 is 15.5 Å². The Bertz CT molecular complexity index is 1290. The van der Waals surface area contributed by atoms with E-state index in [0.29, 0.717) is 41.3 Å². The molecule has 11 heteroatoms. The first-order chi connectivity index (χ1) is 17.8. The van der Waals surface area contributed by atoms with Gasteiger partial charge in [0.2, 0.25) is 17.0 Å². The van der Waals surface area contributed by atoms with Crippen LogP contribution in [0.2, 0.25) is 5.02 Å². The van der Waals surface area contributed by atoms with Crippen LogP contribution in [0.15, 0.2) is 59.6 Å². The molecule has 1 saturated heterocycles. The van der Waals surface area contributed by atoms with E-state index in [2.05, 4.69) is 41.5 Å². The summed E-state index contributed by atoms with van der Waals surface area (Å²) in [5.41, 5.74) is 3.95. The van der Waals surface area contributed by atoms with Crippen molar-refractivity contribution in [2.45, 2.75) is 13.8 Å². The van der Waals surface area contributed by atoms with Gasteiger partial charge in [-0.15, -0.1) is 0 Å². The molecular formula is C26H28ClN7O2S. The molecule has 0 atom stereocenters. The second-order valence-electron chi connectivity index (χ2n) is 8.49. The van der Waals surface area contributed by atoms with Crippen molar-refractivity contribution in [3.05, 3.63) is 76.6 Å². The highest BCUT2D eigenvalue weighted by molar-refractivity contribution is 7.80. The normalized spacial score (nSPS) is 13.8. The molecule has 3 aromatic rings. The maximum atomic E-state index is 11.7. The van der Waals surface area contributed by atoms with Crippen molar-refractivity contribution in [1.82, 2.24) is 14.9 Å². The molecule has 1 aromatic heterocycles. The van der Waals surface area contributed by atoms with Crippen molar-refractivity contribution in [2.75, 3.05) is 48.8 Å². The predicted molar refractivity (Wildman–Crippen MR) is 152 cm³/mol. The van der Waals surface area contributed by atoms with Gasteiger partial charge in [-0.2, -0.15) is 4.99 Å². The lowest BCUT2D eigenvalue weighted by molar-refractivity contribution is 0.0601. The fourth-order valence-corrected chi connectivity index (χ4v) is 4.35. The van der Waals surface area contributed by atoms with Crippen LogP contribution in [-0.4, -0.2) is 65.2 Å². The number of aryl methyl sites for hydroxylation is 2. The van der Waals surface area contributed by atoms with E-state index in [0.717, 1.165) is 30.2 Å². The van der Waals surface area contributed by atoms with Gasteiger partial charge in [-0.05, 0) is 74.6 Å². The van der Waals surface area contributed by atoms with Crippen molar-refractivity contribution in [2.24, 2.45) is 4.99 Å². The number of ether oxygens (including phenoxy) is 1. The summed E-state index contributed by atoms with van der Waals surface area (Å²) in [5, 5.41) is 7.35. The predicted octanol–water partition coefficient (Wildman–Crippen LogP) is 4.52. The first-order valence-corrected chi connectivity index (χ1v) is 12.5. The number of aliphatic imine (C=N–C) groups is 1. The van der Waals surface area contributed by atoms with Gasteiger partial charge in [-0.25, -0.2) is 14.8 Å². The minimum Gasteiger partial charge on any atom is -0.465 e. The van der Waals surface area contributed by atoms with Gasteiger partial charge in [0, 0.05) is 54.0 Å². The van der Waals surface area contributed by atoms with Gasteiger partial charge >= 0.3 is 5.97 Å². The average molecular weight is 538 g/mol. The van der Waals surface area contributed by atoms with Crippen LogP contribution >= 0.6 is 23.8 Å². The topological polar surface area (TPSA) is 95.0 Å². The van der Waals surface area contributed by atoms with Crippen molar-refractivity contribution in [3.63, 3.8) is 0 Å². The van der Waals surface area contributed by atoms with Gasteiger partial charge in [-0.3, -0.25) is 5.32 Å². The number of hydrogen-bond acceptors (Lipinski definition) is 6. The number of rotatable bonds is 4. The van der Waals surface area contributed by atoms with Gasteiger partial charge in [0.05, 0.1) is 12.7 Å². The number of hydrogen-bond donors (Lipinski definition) is 2. The molecule has 0 unspecified atom stereocenters. The van der Waals surface area contributed by atoms with Crippen LogP contribution in [-0.2, 0) is 4.74 Å². The van der Waals surface area contributed by atoms with Crippen LogP contribution in [0.1, 0.15) is 21.7 Å². The molecule has 0 radical (unpaired) electrons. The van der Waals surface area contributed by atoms with Crippen LogP contribution in [0.4, 0.5) is 17.3 Å². The average Bonchev–Trinajstić information content (AvgIpc) is 2.88. The number of esters is 1. The molecule has 1 aliphatic rings. The molecule has 192 valence electrons. The number of nitrogens with one attached hydrogen (secondary N) is 2. The molecule has 1 fully saturated rings. The minimum atomic E-state index is -0.399. The highest BCUT2D eigenvalue weighted by Crippen LogP contribution is 2.21. The molecule has 0 spiro atoms. The zero-order valence-electron chi connectivity index (χ0n) is 20.9. The summed E-state index contributed by atoms with van der Waals surface area (Å²) in [4.78, 5) is 29.8. The first kappa shape index (κ1) is 26.3. The summed E-state index contributed by atoms with van der Waals surface area (Å²) in [7, 11) is 1.35. The van der Waals surface area contributed by atoms with Gasteiger partial charge < -0.3 is 19.9 Å². The second-order valence-corrected chi connectivity index (χ2v) is 9.31. The van der Waals surface area contributed by atoms with Crippen molar-refractivity contribution in [1.29, 1.82) is 0 Å². The van der Waals surface area contributed by atoms with Crippen molar-refractivity contribution >= 4 is 58.2 Å². The molecule has 0 amide bonds. The summed E-state index contributed by atoms with van der Waals surface area (Å²) >= 11 is 11.7. The number of piperazine rings is 1. The lowest BCUT2D eigenvalue weighted by atomic mass is 10.2. The van der Waals surface area contributed by atoms with Crippen LogP contribution in [0.3, 0.4) is 0 Å². The Morgan fingerprint density at radius 1 is 1.00 bits per heavy atom. The number of thiocarbonyl (C=S) groups is 1. The number of nitrogens with zero attached hydrogens (tertiary/aromatic N) is 5. The fourth-order valence-electron chi connectivity index (χ4n) is 3.96. The highest BCUT2D eigenvalue weighted by atomic mass is 35.5. The van der Waals surface area contributed by atoms with E-state index in [1.165, 1.54) is 7.11 Å². The summed E-state index contributed by atoms with van der Waals surface area (Å²) < 4.78 is 4.75. The maximum Gasteiger partial charge on any atom is 0.337 e. The standard InChI is InChI=1S/C26H28ClN7O2S/c1-17-15-18(2)29-24(28-17)31-25(32-26(37)30-21-9-7-19(8-10-21)23(35)36-3)34-13-11-33(12-14-34)22-6-4-5-20(27)16-22/h4-10,15-16H,11-14H2,1-3H3,(H2,28,29,30,31,32,37).